The van der Waals surface area contributed by atoms with Crippen molar-refractivity contribution in [3.05, 3.63) is 35.4 Å². The number of Topliss-reactive ketones (excluding diaryl/α,β-unsaturated/α-hetero) is 1. The second-order valence-corrected chi connectivity index (χ2v) is 5.09. The van der Waals surface area contributed by atoms with Gasteiger partial charge in [0.2, 0.25) is 0 Å². The maximum atomic E-state index is 13.0. The molecule has 0 amide bonds. The molecule has 0 aliphatic heterocycles. The van der Waals surface area contributed by atoms with Gasteiger partial charge in [-0.15, -0.1) is 0 Å². The van der Waals surface area contributed by atoms with E-state index in [1.165, 1.54) is 38.2 Å². The first kappa shape index (κ1) is 14.1. The summed E-state index contributed by atoms with van der Waals surface area (Å²) in [6.45, 7) is 0.600. The molecule has 0 aromatic heterocycles. The second-order valence-electron chi connectivity index (χ2n) is 5.09. The molecule has 1 N–H and O–H groups in total. The highest BCUT2D eigenvalue weighted by atomic mass is 19.2. The highest BCUT2D eigenvalue weighted by molar-refractivity contribution is 5.96. The minimum absolute atomic E-state index is 0.151. The van der Waals surface area contributed by atoms with Gasteiger partial charge in [-0.05, 0) is 31.0 Å². The fraction of sp³-hybridized carbons (Fsp3) is 0.533. The number of nitrogens with one attached hydrogen (secondary N) is 1. The van der Waals surface area contributed by atoms with Gasteiger partial charge in [-0.3, -0.25) is 4.79 Å². The summed E-state index contributed by atoms with van der Waals surface area (Å²) in [6.07, 6.45) is 6.44. The first-order valence-electron chi connectivity index (χ1n) is 6.88. The zero-order valence-corrected chi connectivity index (χ0v) is 10.9. The van der Waals surface area contributed by atoms with Gasteiger partial charge in [0.15, 0.2) is 17.4 Å². The minimum Gasteiger partial charge on any atom is -0.314 e. The van der Waals surface area contributed by atoms with E-state index in [1.54, 1.807) is 0 Å². The van der Waals surface area contributed by atoms with Crippen molar-refractivity contribution >= 4 is 5.78 Å². The van der Waals surface area contributed by atoms with Crippen molar-refractivity contribution in [1.29, 1.82) is 0 Å². The summed E-state index contributed by atoms with van der Waals surface area (Å²) < 4.78 is 25.8. The van der Waals surface area contributed by atoms with Crippen molar-refractivity contribution in [3.8, 4) is 0 Å². The summed E-state index contributed by atoms with van der Waals surface area (Å²) in [7, 11) is 0. The van der Waals surface area contributed by atoms with Gasteiger partial charge in [-0.2, -0.15) is 0 Å². The van der Waals surface area contributed by atoms with E-state index in [2.05, 4.69) is 5.32 Å². The Kier molecular flexibility index (Phi) is 5.02. The molecular weight excluding hydrogens is 248 g/mol. The number of carbonyl (C=O) groups excluding carboxylic acids is 1. The lowest BCUT2D eigenvalue weighted by Gasteiger charge is -2.22. The molecule has 0 unspecified atom stereocenters. The molecule has 1 aliphatic rings. The molecular formula is C15H19F2NO. The van der Waals surface area contributed by atoms with Crippen molar-refractivity contribution in [2.24, 2.45) is 0 Å². The molecule has 1 saturated carbocycles. The summed E-state index contributed by atoms with van der Waals surface area (Å²) in [6, 6.07) is 3.81. The monoisotopic (exact) mass is 267 g/mol. The van der Waals surface area contributed by atoms with Crippen LogP contribution in [0.15, 0.2) is 18.2 Å². The maximum Gasteiger partial charge on any atom is 0.164 e. The van der Waals surface area contributed by atoms with Crippen molar-refractivity contribution in [3.63, 3.8) is 0 Å². The average Bonchev–Trinajstić information content (AvgIpc) is 2.43. The fourth-order valence-corrected chi connectivity index (χ4v) is 2.51. The lowest BCUT2D eigenvalue weighted by Crippen LogP contribution is -2.32. The molecule has 0 atom stereocenters. The Morgan fingerprint density at radius 3 is 2.58 bits per heavy atom. The molecule has 4 heteroatoms. The molecule has 0 spiro atoms. The lowest BCUT2D eigenvalue weighted by atomic mass is 9.95. The maximum absolute atomic E-state index is 13.0. The molecule has 104 valence electrons. The van der Waals surface area contributed by atoms with Crippen LogP contribution in [0.3, 0.4) is 0 Å². The third-order valence-electron chi connectivity index (χ3n) is 3.63. The smallest absolute Gasteiger partial charge is 0.164 e. The molecule has 1 aliphatic carbocycles. The van der Waals surface area contributed by atoms with E-state index < -0.39 is 11.6 Å². The van der Waals surface area contributed by atoms with Crippen LogP contribution >= 0.6 is 0 Å². The molecule has 0 saturated heterocycles. The second kappa shape index (κ2) is 6.75. The van der Waals surface area contributed by atoms with Gasteiger partial charge in [0, 0.05) is 24.6 Å². The third-order valence-corrected chi connectivity index (χ3v) is 3.63. The van der Waals surface area contributed by atoms with Gasteiger partial charge in [0.05, 0.1) is 0 Å². The molecule has 19 heavy (non-hydrogen) atoms. The highest BCUT2D eigenvalue weighted by Crippen LogP contribution is 2.17. The Morgan fingerprint density at radius 2 is 1.89 bits per heavy atom. The van der Waals surface area contributed by atoms with Crippen LogP contribution in [-0.4, -0.2) is 18.4 Å². The van der Waals surface area contributed by atoms with Gasteiger partial charge in [0.1, 0.15) is 0 Å². The number of halogens is 2. The van der Waals surface area contributed by atoms with E-state index in [-0.39, 0.29) is 11.3 Å². The molecule has 0 bridgehead atoms. The van der Waals surface area contributed by atoms with E-state index >= 15 is 0 Å². The van der Waals surface area contributed by atoms with Crippen LogP contribution in [0.25, 0.3) is 0 Å². The van der Waals surface area contributed by atoms with Crippen LogP contribution in [0.2, 0.25) is 0 Å². The van der Waals surface area contributed by atoms with Crippen LogP contribution in [-0.2, 0) is 0 Å². The number of ketones is 1. The van der Waals surface area contributed by atoms with Crippen LogP contribution in [0.1, 0.15) is 48.9 Å². The first-order valence-corrected chi connectivity index (χ1v) is 6.88. The quantitative estimate of drug-likeness (QED) is 0.828. The number of benzene rings is 1. The molecule has 2 nitrogen and oxygen atoms in total. The summed E-state index contributed by atoms with van der Waals surface area (Å²) in [5.41, 5.74) is 0.240. The summed E-state index contributed by atoms with van der Waals surface area (Å²) >= 11 is 0. The predicted molar refractivity (Wildman–Crippen MR) is 70.2 cm³/mol. The summed E-state index contributed by atoms with van der Waals surface area (Å²) in [4.78, 5) is 11.8. The fourth-order valence-electron chi connectivity index (χ4n) is 2.51. The largest absolute Gasteiger partial charge is 0.314 e. The SMILES string of the molecule is O=C(CCNC1CCCCC1)c1ccc(F)c(F)c1. The first-order chi connectivity index (χ1) is 9.16. The van der Waals surface area contributed by atoms with Gasteiger partial charge < -0.3 is 5.32 Å². The van der Waals surface area contributed by atoms with Gasteiger partial charge in [-0.25, -0.2) is 8.78 Å². The van der Waals surface area contributed by atoms with E-state index in [0.717, 1.165) is 12.1 Å². The van der Waals surface area contributed by atoms with Crippen molar-refractivity contribution in [2.45, 2.75) is 44.6 Å². The molecule has 0 radical (unpaired) electrons. The zero-order valence-electron chi connectivity index (χ0n) is 10.9. The molecule has 1 aromatic rings. The molecule has 2 rings (SSSR count). The summed E-state index contributed by atoms with van der Waals surface area (Å²) in [5.74, 6) is -2.04. The Balaban J connectivity index is 1.78. The summed E-state index contributed by atoms with van der Waals surface area (Å²) in [5, 5.41) is 3.36. The Hall–Kier alpha value is -1.29. The number of carbonyl (C=O) groups is 1. The Bertz CT molecular complexity index is 442. The zero-order chi connectivity index (χ0) is 13.7. The Labute approximate surface area is 112 Å². The third kappa shape index (κ3) is 4.10. The predicted octanol–water partition coefficient (Wildman–Crippen LogP) is 3.46. The van der Waals surface area contributed by atoms with E-state index in [4.69, 9.17) is 0 Å². The number of hydrogen-bond donors (Lipinski definition) is 1. The van der Waals surface area contributed by atoms with E-state index in [1.807, 2.05) is 0 Å². The van der Waals surface area contributed by atoms with Crippen molar-refractivity contribution in [1.82, 2.24) is 5.32 Å². The van der Waals surface area contributed by atoms with Gasteiger partial charge >= 0.3 is 0 Å². The molecule has 1 aromatic carbocycles. The van der Waals surface area contributed by atoms with E-state index in [0.29, 0.717) is 19.0 Å². The topological polar surface area (TPSA) is 29.1 Å². The van der Waals surface area contributed by atoms with Crippen LogP contribution in [0, 0.1) is 11.6 Å². The molecule has 1 fully saturated rings. The van der Waals surface area contributed by atoms with E-state index in [9.17, 15) is 13.6 Å². The highest BCUT2D eigenvalue weighted by Gasteiger charge is 2.14. The average molecular weight is 267 g/mol. The lowest BCUT2D eigenvalue weighted by molar-refractivity contribution is 0.0980. The number of rotatable bonds is 5. The Morgan fingerprint density at radius 1 is 1.16 bits per heavy atom. The molecule has 0 heterocycles. The van der Waals surface area contributed by atoms with Crippen LogP contribution < -0.4 is 5.32 Å². The standard InChI is InChI=1S/C15H19F2NO/c16-13-7-6-11(10-14(13)17)15(19)8-9-18-12-4-2-1-3-5-12/h6-7,10,12,18H,1-5,8-9H2. The van der Waals surface area contributed by atoms with Crippen LogP contribution in [0.4, 0.5) is 8.78 Å². The van der Waals surface area contributed by atoms with Crippen LogP contribution in [0.5, 0.6) is 0 Å². The number of hydrogen-bond acceptors (Lipinski definition) is 2. The van der Waals surface area contributed by atoms with Crippen molar-refractivity contribution < 1.29 is 13.6 Å². The van der Waals surface area contributed by atoms with Gasteiger partial charge in [0.25, 0.3) is 0 Å². The minimum atomic E-state index is -0.967. The normalized spacial score (nSPS) is 16.5. The van der Waals surface area contributed by atoms with Crippen molar-refractivity contribution in [2.75, 3.05) is 6.54 Å². The van der Waals surface area contributed by atoms with Gasteiger partial charge in [-0.1, -0.05) is 19.3 Å².